The number of nitrogens with one attached hydrogen (secondary N) is 1. The number of methoxy groups -OCH3 is 1. The molecule has 0 aliphatic heterocycles. The fraction of sp³-hybridized carbons (Fsp3) is 0.500. The molecule has 0 aromatic carbocycles. The van der Waals surface area contributed by atoms with Crippen molar-refractivity contribution < 1.29 is 9.53 Å². The lowest BCUT2D eigenvalue weighted by Gasteiger charge is -2.14. The van der Waals surface area contributed by atoms with Gasteiger partial charge in [0.25, 0.3) is 0 Å². The molecule has 1 N–H and O–H groups in total. The van der Waals surface area contributed by atoms with Gasteiger partial charge in [-0.3, -0.25) is 0 Å². The molecule has 1 atom stereocenters. The first-order valence-electron chi connectivity index (χ1n) is 6.27. The highest BCUT2D eigenvalue weighted by Crippen LogP contribution is 2.21. The topological polar surface area (TPSA) is 38.3 Å². The van der Waals surface area contributed by atoms with E-state index in [9.17, 15) is 4.79 Å². The molecule has 0 radical (unpaired) electrons. The van der Waals surface area contributed by atoms with Crippen LogP contribution in [0, 0.1) is 0 Å². The molecule has 0 amide bonds. The number of thiophene rings is 1. The van der Waals surface area contributed by atoms with Crippen LogP contribution in [0.25, 0.3) is 0 Å². The molecule has 0 saturated carbocycles. The third kappa shape index (κ3) is 4.27. The number of carbonyl (C=O) groups excluding carboxylic acids is 1. The van der Waals surface area contributed by atoms with E-state index in [0.29, 0.717) is 19.0 Å². The van der Waals surface area contributed by atoms with E-state index in [1.165, 1.54) is 12.0 Å². The second-order valence-corrected chi connectivity index (χ2v) is 4.94. The van der Waals surface area contributed by atoms with E-state index in [4.69, 9.17) is 4.74 Å². The van der Waals surface area contributed by atoms with Crippen molar-refractivity contribution in [3.05, 3.63) is 34.0 Å². The molecule has 0 spiro atoms. The van der Waals surface area contributed by atoms with Crippen molar-refractivity contribution in [2.45, 2.75) is 32.7 Å². The normalized spacial score (nSPS) is 13.4. The molecule has 1 heterocycles. The van der Waals surface area contributed by atoms with Crippen molar-refractivity contribution in [3.8, 4) is 0 Å². The van der Waals surface area contributed by atoms with E-state index in [1.807, 2.05) is 13.0 Å². The number of carbonyl (C=O) groups is 1. The molecule has 0 bridgehead atoms. The minimum absolute atomic E-state index is 0.233. The molecule has 1 aromatic heterocycles. The second kappa shape index (κ2) is 8.06. The highest BCUT2D eigenvalue weighted by molar-refractivity contribution is 7.10. The monoisotopic (exact) mass is 267 g/mol. The fourth-order valence-electron chi connectivity index (χ4n) is 1.76. The minimum atomic E-state index is -0.233. The van der Waals surface area contributed by atoms with Gasteiger partial charge >= 0.3 is 5.97 Å². The third-order valence-corrected chi connectivity index (χ3v) is 3.82. The summed E-state index contributed by atoms with van der Waals surface area (Å²) in [5.41, 5.74) is 0.728. The largest absolute Gasteiger partial charge is 0.466 e. The lowest BCUT2D eigenvalue weighted by molar-refractivity contribution is -0.136. The van der Waals surface area contributed by atoms with Crippen LogP contribution in [0.1, 0.15) is 37.6 Å². The average Bonchev–Trinajstić information content (AvgIpc) is 2.92. The van der Waals surface area contributed by atoms with Crippen molar-refractivity contribution >= 4 is 17.3 Å². The molecule has 100 valence electrons. The van der Waals surface area contributed by atoms with Gasteiger partial charge in [0.05, 0.1) is 7.11 Å². The maximum atomic E-state index is 11.4. The highest BCUT2D eigenvalue weighted by atomic mass is 32.1. The molecular weight excluding hydrogens is 246 g/mol. The number of esters is 1. The zero-order chi connectivity index (χ0) is 13.4. The number of rotatable bonds is 7. The Morgan fingerprint density at radius 2 is 2.33 bits per heavy atom. The smallest absolute Gasteiger partial charge is 0.333 e. The summed E-state index contributed by atoms with van der Waals surface area (Å²) >= 11 is 1.76. The van der Waals surface area contributed by atoms with Crippen molar-refractivity contribution in [3.63, 3.8) is 0 Å². The van der Waals surface area contributed by atoms with Gasteiger partial charge in [-0.15, -0.1) is 11.3 Å². The third-order valence-electron chi connectivity index (χ3n) is 2.84. The first-order chi connectivity index (χ1) is 8.72. The molecule has 0 aliphatic rings. The van der Waals surface area contributed by atoms with E-state index in [2.05, 4.69) is 29.8 Å². The molecule has 4 heteroatoms. The molecule has 3 nitrogen and oxygen atoms in total. The summed E-state index contributed by atoms with van der Waals surface area (Å²) in [5.74, 6) is -0.233. The number of ether oxygens (including phenoxy) is 1. The Bertz CT molecular complexity index is 385. The molecule has 1 unspecified atom stereocenters. The van der Waals surface area contributed by atoms with Crippen LogP contribution in [0.15, 0.2) is 29.2 Å². The van der Waals surface area contributed by atoms with Gasteiger partial charge in [0, 0.05) is 23.0 Å². The lowest BCUT2D eigenvalue weighted by Crippen LogP contribution is -2.20. The van der Waals surface area contributed by atoms with Crippen molar-refractivity contribution in [2.75, 3.05) is 13.7 Å². The predicted octanol–water partition coefficient (Wildman–Crippen LogP) is 3.30. The Hall–Kier alpha value is -1.13. The standard InChI is InChI=1S/C14H21NO2S/c1-4-11(14(16)17-3)8-9-15-12(5-2)13-7-6-10-18-13/h6-8,10,12,15H,4-5,9H2,1-3H3/b11-8-. The van der Waals surface area contributed by atoms with Gasteiger partial charge < -0.3 is 10.1 Å². The Morgan fingerprint density at radius 3 is 2.83 bits per heavy atom. The van der Waals surface area contributed by atoms with Crippen molar-refractivity contribution in [2.24, 2.45) is 0 Å². The van der Waals surface area contributed by atoms with Crippen molar-refractivity contribution in [1.29, 1.82) is 0 Å². The highest BCUT2D eigenvalue weighted by Gasteiger charge is 2.10. The lowest BCUT2D eigenvalue weighted by atomic mass is 10.1. The van der Waals surface area contributed by atoms with Gasteiger partial charge in [0.1, 0.15) is 0 Å². The first kappa shape index (κ1) is 14.9. The second-order valence-electron chi connectivity index (χ2n) is 3.96. The molecule has 0 aliphatic carbocycles. The zero-order valence-electron chi connectivity index (χ0n) is 11.2. The van der Waals surface area contributed by atoms with Gasteiger partial charge in [0.15, 0.2) is 0 Å². The van der Waals surface area contributed by atoms with E-state index in [1.54, 1.807) is 11.3 Å². The maximum absolute atomic E-state index is 11.4. The molecule has 18 heavy (non-hydrogen) atoms. The quantitative estimate of drug-likeness (QED) is 0.608. The Morgan fingerprint density at radius 1 is 1.56 bits per heavy atom. The van der Waals surface area contributed by atoms with Gasteiger partial charge in [-0.05, 0) is 24.3 Å². The molecule has 0 saturated heterocycles. The average molecular weight is 267 g/mol. The van der Waals surface area contributed by atoms with Gasteiger partial charge in [-0.1, -0.05) is 26.0 Å². The first-order valence-corrected chi connectivity index (χ1v) is 7.15. The summed E-state index contributed by atoms with van der Waals surface area (Å²) in [4.78, 5) is 12.7. The Labute approximate surface area is 113 Å². The predicted molar refractivity (Wildman–Crippen MR) is 75.7 cm³/mol. The molecular formula is C14H21NO2S. The van der Waals surface area contributed by atoms with Crippen LogP contribution in [0.4, 0.5) is 0 Å². The summed E-state index contributed by atoms with van der Waals surface area (Å²) in [5, 5.41) is 5.53. The number of hydrogen-bond donors (Lipinski definition) is 1. The zero-order valence-corrected chi connectivity index (χ0v) is 12.0. The van der Waals surface area contributed by atoms with Crippen LogP contribution in [0.3, 0.4) is 0 Å². The summed E-state index contributed by atoms with van der Waals surface area (Å²) < 4.78 is 4.73. The van der Waals surface area contributed by atoms with Crippen LogP contribution in [-0.4, -0.2) is 19.6 Å². The van der Waals surface area contributed by atoms with Crippen LogP contribution < -0.4 is 5.32 Å². The molecule has 1 aromatic rings. The SMILES string of the molecule is CC/C(=C/CNC(CC)c1cccs1)C(=O)OC. The van der Waals surface area contributed by atoms with Gasteiger partial charge in [-0.2, -0.15) is 0 Å². The molecule has 0 fully saturated rings. The summed E-state index contributed by atoms with van der Waals surface area (Å²) in [6.07, 6.45) is 3.65. The number of hydrogen-bond acceptors (Lipinski definition) is 4. The summed E-state index contributed by atoms with van der Waals surface area (Å²) in [6.45, 7) is 4.80. The summed E-state index contributed by atoms with van der Waals surface area (Å²) in [7, 11) is 1.42. The van der Waals surface area contributed by atoms with Crippen LogP contribution >= 0.6 is 11.3 Å². The Balaban J connectivity index is 2.53. The van der Waals surface area contributed by atoms with Gasteiger partial charge in [0.2, 0.25) is 0 Å². The van der Waals surface area contributed by atoms with Crippen molar-refractivity contribution in [1.82, 2.24) is 5.32 Å². The fourth-order valence-corrected chi connectivity index (χ4v) is 2.65. The Kier molecular flexibility index (Phi) is 6.68. The summed E-state index contributed by atoms with van der Waals surface area (Å²) in [6, 6.07) is 4.56. The van der Waals surface area contributed by atoms with Crippen LogP contribution in [0.2, 0.25) is 0 Å². The maximum Gasteiger partial charge on any atom is 0.333 e. The van der Waals surface area contributed by atoms with Crippen LogP contribution in [0.5, 0.6) is 0 Å². The van der Waals surface area contributed by atoms with E-state index >= 15 is 0 Å². The minimum Gasteiger partial charge on any atom is -0.466 e. The van der Waals surface area contributed by atoms with E-state index in [-0.39, 0.29) is 5.97 Å². The van der Waals surface area contributed by atoms with E-state index in [0.717, 1.165) is 12.0 Å². The van der Waals surface area contributed by atoms with Gasteiger partial charge in [-0.25, -0.2) is 4.79 Å². The van der Waals surface area contributed by atoms with Crippen LogP contribution in [-0.2, 0) is 9.53 Å². The van der Waals surface area contributed by atoms with E-state index < -0.39 is 0 Å². The molecule has 1 rings (SSSR count).